The van der Waals surface area contributed by atoms with Crippen LogP contribution in [0.15, 0.2) is 72.8 Å². The second-order valence-corrected chi connectivity index (χ2v) is 6.43. The van der Waals surface area contributed by atoms with Gasteiger partial charge in [0.05, 0.1) is 6.04 Å². The Morgan fingerprint density at radius 2 is 1.52 bits per heavy atom. The van der Waals surface area contributed by atoms with E-state index >= 15 is 0 Å². The summed E-state index contributed by atoms with van der Waals surface area (Å²) in [6.07, 6.45) is 0. The number of nitrogens with one attached hydrogen (secondary N) is 2. The lowest BCUT2D eigenvalue weighted by atomic mass is 9.98. The predicted molar refractivity (Wildman–Crippen MR) is 108 cm³/mol. The Balaban J connectivity index is 1.82. The molecular weight excluding hydrogens is 326 g/mol. The molecule has 0 aliphatic rings. The van der Waals surface area contributed by atoms with Crippen LogP contribution in [0.25, 0.3) is 0 Å². The number of aryl methyl sites for hydroxylation is 2. The summed E-state index contributed by atoms with van der Waals surface area (Å²) in [5.41, 5.74) is 4.51. The van der Waals surface area contributed by atoms with E-state index in [0.29, 0.717) is 5.11 Å². The highest BCUT2D eigenvalue weighted by atomic mass is 32.1. The number of aromatic nitrogens is 1. The first-order chi connectivity index (χ1) is 12.1. The molecule has 0 aliphatic carbocycles. The third-order valence-corrected chi connectivity index (χ3v) is 4.17. The number of thiocarbonyl (C=S) groups is 1. The number of hydrogen-bond acceptors (Lipinski definition) is 2. The molecule has 0 unspecified atom stereocenters. The second-order valence-electron chi connectivity index (χ2n) is 6.02. The zero-order valence-electron chi connectivity index (χ0n) is 14.4. The third kappa shape index (κ3) is 4.64. The SMILES string of the molecule is Cc1ccc([C@@H](NC(=S)Nc2cccc(C)n2)c2ccccc2)cc1. The molecule has 0 saturated heterocycles. The van der Waals surface area contributed by atoms with E-state index in [9.17, 15) is 0 Å². The van der Waals surface area contributed by atoms with Crippen molar-refractivity contribution in [1.82, 2.24) is 10.3 Å². The fourth-order valence-corrected chi connectivity index (χ4v) is 2.88. The topological polar surface area (TPSA) is 37.0 Å². The van der Waals surface area contributed by atoms with Crippen molar-refractivity contribution in [3.05, 3.63) is 95.2 Å². The van der Waals surface area contributed by atoms with Crippen molar-refractivity contribution in [3.8, 4) is 0 Å². The normalized spacial score (nSPS) is 11.6. The van der Waals surface area contributed by atoms with Gasteiger partial charge in [-0.05, 0) is 49.3 Å². The van der Waals surface area contributed by atoms with Crippen molar-refractivity contribution < 1.29 is 0 Å². The lowest BCUT2D eigenvalue weighted by Crippen LogP contribution is -2.33. The van der Waals surface area contributed by atoms with Gasteiger partial charge in [-0.3, -0.25) is 0 Å². The molecule has 4 heteroatoms. The first-order valence-electron chi connectivity index (χ1n) is 8.24. The Morgan fingerprint density at radius 1 is 0.840 bits per heavy atom. The molecule has 25 heavy (non-hydrogen) atoms. The van der Waals surface area contributed by atoms with E-state index in [0.717, 1.165) is 22.6 Å². The lowest BCUT2D eigenvalue weighted by Gasteiger charge is -2.22. The Bertz CT molecular complexity index is 845. The standard InChI is InChI=1S/C21H21N3S/c1-15-11-13-18(14-12-15)20(17-8-4-3-5-9-17)24-21(25)23-19-10-6-7-16(2)22-19/h3-14,20H,1-2H3,(H2,22,23,24,25)/t20-/m0/s1. The largest absolute Gasteiger partial charge is 0.351 e. The average molecular weight is 347 g/mol. The Labute approximate surface area is 154 Å². The molecule has 126 valence electrons. The molecule has 0 saturated carbocycles. The highest BCUT2D eigenvalue weighted by molar-refractivity contribution is 7.80. The zero-order valence-corrected chi connectivity index (χ0v) is 15.2. The third-order valence-electron chi connectivity index (χ3n) is 3.95. The number of pyridine rings is 1. The molecule has 2 aromatic carbocycles. The fourth-order valence-electron chi connectivity index (χ4n) is 2.66. The van der Waals surface area contributed by atoms with Crippen LogP contribution in [0, 0.1) is 13.8 Å². The first kappa shape index (κ1) is 17.1. The van der Waals surface area contributed by atoms with Crippen LogP contribution in [0.3, 0.4) is 0 Å². The van der Waals surface area contributed by atoms with Gasteiger partial charge in [0.25, 0.3) is 0 Å². The highest BCUT2D eigenvalue weighted by Crippen LogP contribution is 2.22. The van der Waals surface area contributed by atoms with Crippen molar-refractivity contribution in [1.29, 1.82) is 0 Å². The van der Waals surface area contributed by atoms with Gasteiger partial charge in [-0.2, -0.15) is 0 Å². The number of benzene rings is 2. The molecule has 0 aliphatic heterocycles. The van der Waals surface area contributed by atoms with Gasteiger partial charge in [-0.25, -0.2) is 4.98 Å². The van der Waals surface area contributed by atoms with Crippen LogP contribution in [0.2, 0.25) is 0 Å². The summed E-state index contributed by atoms with van der Waals surface area (Å²) in [6, 6.07) is 24.6. The van der Waals surface area contributed by atoms with Gasteiger partial charge < -0.3 is 10.6 Å². The van der Waals surface area contributed by atoms with Crippen LogP contribution in [-0.4, -0.2) is 10.1 Å². The van der Waals surface area contributed by atoms with Crippen molar-refractivity contribution in [2.24, 2.45) is 0 Å². The number of anilines is 1. The van der Waals surface area contributed by atoms with Gasteiger partial charge in [0, 0.05) is 5.69 Å². The molecule has 0 bridgehead atoms. The zero-order chi connectivity index (χ0) is 17.6. The quantitative estimate of drug-likeness (QED) is 0.666. The molecule has 0 fully saturated rings. The van der Waals surface area contributed by atoms with Crippen LogP contribution < -0.4 is 10.6 Å². The minimum Gasteiger partial charge on any atom is -0.351 e. The average Bonchev–Trinajstić information content (AvgIpc) is 2.61. The predicted octanol–water partition coefficient (Wildman–Crippen LogP) is 4.77. The first-order valence-corrected chi connectivity index (χ1v) is 8.65. The van der Waals surface area contributed by atoms with Gasteiger partial charge in [-0.1, -0.05) is 66.2 Å². The molecule has 0 amide bonds. The smallest absolute Gasteiger partial charge is 0.172 e. The fraction of sp³-hybridized carbons (Fsp3) is 0.143. The van der Waals surface area contributed by atoms with Crippen molar-refractivity contribution in [2.45, 2.75) is 19.9 Å². The van der Waals surface area contributed by atoms with Gasteiger partial charge >= 0.3 is 0 Å². The van der Waals surface area contributed by atoms with Gasteiger partial charge in [0.2, 0.25) is 0 Å². The van der Waals surface area contributed by atoms with Gasteiger partial charge in [0.15, 0.2) is 5.11 Å². The summed E-state index contributed by atoms with van der Waals surface area (Å²) >= 11 is 5.52. The Kier molecular flexibility index (Phi) is 5.41. The Hall–Kier alpha value is -2.72. The molecule has 3 nitrogen and oxygen atoms in total. The molecule has 1 heterocycles. The highest BCUT2D eigenvalue weighted by Gasteiger charge is 2.15. The van der Waals surface area contributed by atoms with E-state index in [1.165, 1.54) is 5.56 Å². The van der Waals surface area contributed by atoms with Crippen molar-refractivity contribution in [2.75, 3.05) is 5.32 Å². The van der Waals surface area contributed by atoms with E-state index in [1.807, 2.05) is 43.3 Å². The van der Waals surface area contributed by atoms with E-state index in [1.54, 1.807) is 0 Å². The maximum Gasteiger partial charge on any atom is 0.172 e. The number of hydrogen-bond donors (Lipinski definition) is 2. The summed E-state index contributed by atoms with van der Waals surface area (Å²) in [5.74, 6) is 0.744. The minimum atomic E-state index is -0.0217. The van der Waals surface area contributed by atoms with Crippen LogP contribution in [0.1, 0.15) is 28.4 Å². The van der Waals surface area contributed by atoms with E-state index in [-0.39, 0.29) is 6.04 Å². The maximum atomic E-state index is 5.52. The summed E-state index contributed by atoms with van der Waals surface area (Å²) in [4.78, 5) is 4.44. The van der Waals surface area contributed by atoms with Crippen molar-refractivity contribution >= 4 is 23.1 Å². The minimum absolute atomic E-state index is 0.0217. The van der Waals surface area contributed by atoms with Crippen molar-refractivity contribution in [3.63, 3.8) is 0 Å². The summed E-state index contributed by atoms with van der Waals surface area (Å²) in [7, 11) is 0. The molecule has 0 spiro atoms. The molecule has 2 N–H and O–H groups in total. The van der Waals surface area contributed by atoms with Gasteiger partial charge in [-0.15, -0.1) is 0 Å². The van der Waals surface area contributed by atoms with Crippen LogP contribution in [0.5, 0.6) is 0 Å². The van der Waals surface area contributed by atoms with Gasteiger partial charge in [0.1, 0.15) is 5.82 Å². The molecule has 1 aromatic heterocycles. The lowest BCUT2D eigenvalue weighted by molar-refractivity contribution is 0.768. The molecule has 3 rings (SSSR count). The number of nitrogens with zero attached hydrogens (tertiary/aromatic N) is 1. The molecule has 0 radical (unpaired) electrons. The Morgan fingerprint density at radius 3 is 2.20 bits per heavy atom. The van der Waals surface area contributed by atoms with E-state index in [2.05, 4.69) is 58.9 Å². The number of rotatable bonds is 4. The van der Waals surface area contributed by atoms with Crippen LogP contribution in [-0.2, 0) is 0 Å². The molecule has 3 aromatic rings. The molecule has 1 atom stereocenters. The van der Waals surface area contributed by atoms with E-state index < -0.39 is 0 Å². The van der Waals surface area contributed by atoms with Crippen LogP contribution >= 0.6 is 12.2 Å². The van der Waals surface area contributed by atoms with E-state index in [4.69, 9.17) is 12.2 Å². The summed E-state index contributed by atoms with van der Waals surface area (Å²) in [6.45, 7) is 4.05. The maximum absolute atomic E-state index is 5.52. The van der Waals surface area contributed by atoms with Crippen LogP contribution in [0.4, 0.5) is 5.82 Å². The monoisotopic (exact) mass is 347 g/mol. The summed E-state index contributed by atoms with van der Waals surface area (Å²) < 4.78 is 0. The second kappa shape index (κ2) is 7.90. The molecular formula is C21H21N3S. The summed E-state index contributed by atoms with van der Waals surface area (Å²) in [5, 5.41) is 7.14.